The van der Waals surface area contributed by atoms with Crippen LogP contribution in [0.2, 0.25) is 0 Å². The summed E-state index contributed by atoms with van der Waals surface area (Å²) in [5.74, 6) is 0. The van der Waals surface area contributed by atoms with Crippen molar-refractivity contribution in [1.82, 2.24) is 0 Å². The number of hydrogen-bond donors (Lipinski definition) is 1. The topological polar surface area (TPSA) is 36.2 Å². The molecule has 1 aromatic rings. The fourth-order valence-electron chi connectivity index (χ4n) is 1.15. The van der Waals surface area contributed by atoms with E-state index < -0.39 is 0 Å². The van der Waals surface area contributed by atoms with Gasteiger partial charge in [-0.1, -0.05) is 17.7 Å². The van der Waals surface area contributed by atoms with Crippen LogP contribution in [0.1, 0.15) is 17.5 Å². The predicted octanol–water partition coefficient (Wildman–Crippen LogP) is 3.05. The van der Waals surface area contributed by atoms with Crippen LogP contribution in [0, 0.1) is 19.3 Å². The van der Waals surface area contributed by atoms with E-state index in [1.165, 1.54) is 17.3 Å². The van der Waals surface area contributed by atoms with Crippen LogP contribution in [0.3, 0.4) is 0 Å². The van der Waals surface area contributed by atoms with E-state index in [0.29, 0.717) is 6.42 Å². The summed E-state index contributed by atoms with van der Waals surface area (Å²) in [6.45, 7) is 4.11. The van der Waals surface area contributed by atoms with Gasteiger partial charge in [-0.3, -0.25) is 4.99 Å². The summed E-state index contributed by atoms with van der Waals surface area (Å²) in [6, 6.07) is 6.16. The van der Waals surface area contributed by atoms with Crippen molar-refractivity contribution in [2.24, 2.45) is 4.99 Å². The van der Waals surface area contributed by atoms with Crippen LogP contribution in [0.4, 0.5) is 5.69 Å². The number of nitrogens with zero attached hydrogens (tertiary/aromatic N) is 1. The number of hydrogen-bond acceptors (Lipinski definition) is 2. The van der Waals surface area contributed by atoms with E-state index in [9.17, 15) is 0 Å². The molecule has 1 N–H and O–H groups in total. The Balaban J connectivity index is 2.83. The van der Waals surface area contributed by atoms with E-state index in [2.05, 4.69) is 18.0 Å². The summed E-state index contributed by atoms with van der Waals surface area (Å²) in [4.78, 5) is 4.26. The molecule has 1 aromatic carbocycles. The lowest BCUT2D eigenvalue weighted by Crippen LogP contribution is -1.79. The summed E-state index contributed by atoms with van der Waals surface area (Å²) in [7, 11) is 0. The standard InChI is InChI=1S/C11H14N2/c1-9-4-5-11(10(2)8-9)13-7-3-6-12/h4-8,12H,3H2,1-2H3. The minimum Gasteiger partial charge on any atom is -0.313 e. The van der Waals surface area contributed by atoms with Gasteiger partial charge < -0.3 is 5.41 Å². The Hall–Kier alpha value is -1.44. The van der Waals surface area contributed by atoms with Gasteiger partial charge >= 0.3 is 0 Å². The van der Waals surface area contributed by atoms with Crippen LogP contribution in [-0.2, 0) is 0 Å². The highest BCUT2D eigenvalue weighted by Crippen LogP contribution is 2.18. The molecule has 0 heterocycles. The summed E-state index contributed by atoms with van der Waals surface area (Å²) >= 11 is 0. The van der Waals surface area contributed by atoms with Crippen molar-refractivity contribution in [3.05, 3.63) is 29.3 Å². The van der Waals surface area contributed by atoms with E-state index in [-0.39, 0.29) is 0 Å². The molecule has 0 saturated carbocycles. The first-order valence-corrected chi connectivity index (χ1v) is 4.33. The van der Waals surface area contributed by atoms with Crippen molar-refractivity contribution in [2.75, 3.05) is 0 Å². The number of benzene rings is 1. The van der Waals surface area contributed by atoms with Crippen LogP contribution >= 0.6 is 0 Å². The molecule has 2 nitrogen and oxygen atoms in total. The van der Waals surface area contributed by atoms with E-state index in [0.717, 1.165) is 5.69 Å². The number of aryl methyl sites for hydroxylation is 2. The van der Waals surface area contributed by atoms with Gasteiger partial charge in [0, 0.05) is 18.9 Å². The zero-order valence-electron chi connectivity index (χ0n) is 8.04. The first-order valence-electron chi connectivity index (χ1n) is 4.33. The Labute approximate surface area is 78.8 Å². The molecule has 0 aromatic heterocycles. The Morgan fingerprint density at radius 3 is 2.77 bits per heavy atom. The quantitative estimate of drug-likeness (QED) is 0.684. The summed E-state index contributed by atoms with van der Waals surface area (Å²) in [6.07, 6.45) is 3.70. The van der Waals surface area contributed by atoms with E-state index >= 15 is 0 Å². The molecule has 0 aliphatic carbocycles. The average Bonchev–Trinajstić information content (AvgIpc) is 2.09. The Morgan fingerprint density at radius 2 is 2.15 bits per heavy atom. The molecule has 0 aliphatic rings. The van der Waals surface area contributed by atoms with Crippen molar-refractivity contribution >= 4 is 18.1 Å². The molecule has 0 radical (unpaired) electrons. The minimum absolute atomic E-state index is 0.604. The Bertz CT molecular complexity index is 327. The van der Waals surface area contributed by atoms with Crippen LogP contribution in [0.25, 0.3) is 0 Å². The van der Waals surface area contributed by atoms with Crippen molar-refractivity contribution in [3.8, 4) is 0 Å². The van der Waals surface area contributed by atoms with E-state index in [1.54, 1.807) is 6.21 Å². The first-order chi connectivity index (χ1) is 6.24. The van der Waals surface area contributed by atoms with Crippen molar-refractivity contribution in [2.45, 2.75) is 20.3 Å². The first kappa shape index (κ1) is 9.65. The molecule has 0 fully saturated rings. The fourth-order valence-corrected chi connectivity index (χ4v) is 1.15. The van der Waals surface area contributed by atoms with Gasteiger partial charge in [0.25, 0.3) is 0 Å². The van der Waals surface area contributed by atoms with E-state index in [4.69, 9.17) is 5.41 Å². The third-order valence-electron chi connectivity index (χ3n) is 1.81. The van der Waals surface area contributed by atoms with Gasteiger partial charge in [-0.05, 0) is 25.5 Å². The van der Waals surface area contributed by atoms with Crippen molar-refractivity contribution in [1.29, 1.82) is 5.41 Å². The van der Waals surface area contributed by atoms with Crippen LogP contribution in [-0.4, -0.2) is 12.4 Å². The third kappa shape index (κ3) is 2.82. The molecular formula is C11H14N2. The zero-order chi connectivity index (χ0) is 9.68. The number of rotatable bonds is 3. The van der Waals surface area contributed by atoms with Gasteiger partial charge in [0.15, 0.2) is 0 Å². The molecule has 0 bridgehead atoms. The van der Waals surface area contributed by atoms with Gasteiger partial charge in [0.1, 0.15) is 0 Å². The Kier molecular flexibility index (Phi) is 3.38. The molecule has 0 saturated heterocycles. The maximum absolute atomic E-state index is 6.84. The van der Waals surface area contributed by atoms with Crippen molar-refractivity contribution in [3.63, 3.8) is 0 Å². The Morgan fingerprint density at radius 1 is 1.38 bits per heavy atom. The van der Waals surface area contributed by atoms with Crippen LogP contribution in [0.5, 0.6) is 0 Å². The smallest absolute Gasteiger partial charge is 0.0655 e. The normalized spacial score (nSPS) is 10.6. The molecule has 68 valence electrons. The highest BCUT2D eigenvalue weighted by Gasteiger charge is 1.93. The molecule has 0 aliphatic heterocycles. The molecule has 0 amide bonds. The fraction of sp³-hybridized carbons (Fsp3) is 0.273. The second kappa shape index (κ2) is 4.55. The second-order valence-corrected chi connectivity index (χ2v) is 3.04. The maximum Gasteiger partial charge on any atom is 0.0655 e. The minimum atomic E-state index is 0.604. The number of nitrogens with one attached hydrogen (secondary N) is 1. The maximum atomic E-state index is 6.84. The molecule has 0 unspecified atom stereocenters. The lowest BCUT2D eigenvalue weighted by atomic mass is 10.1. The van der Waals surface area contributed by atoms with Crippen molar-refractivity contribution < 1.29 is 0 Å². The van der Waals surface area contributed by atoms with Gasteiger partial charge in [-0.15, -0.1) is 0 Å². The molecule has 13 heavy (non-hydrogen) atoms. The molecule has 1 rings (SSSR count). The van der Waals surface area contributed by atoms with Gasteiger partial charge in [0.05, 0.1) is 5.69 Å². The van der Waals surface area contributed by atoms with Gasteiger partial charge in [-0.2, -0.15) is 0 Å². The monoisotopic (exact) mass is 174 g/mol. The molecule has 2 heteroatoms. The highest BCUT2D eigenvalue weighted by molar-refractivity contribution is 5.79. The van der Waals surface area contributed by atoms with Crippen LogP contribution in [0.15, 0.2) is 23.2 Å². The highest BCUT2D eigenvalue weighted by atomic mass is 14.7. The summed E-state index contributed by atoms with van der Waals surface area (Å²) < 4.78 is 0. The average molecular weight is 174 g/mol. The molecular weight excluding hydrogens is 160 g/mol. The van der Waals surface area contributed by atoms with Crippen LogP contribution < -0.4 is 0 Å². The van der Waals surface area contributed by atoms with E-state index in [1.807, 2.05) is 19.1 Å². The summed E-state index contributed by atoms with van der Waals surface area (Å²) in [5.41, 5.74) is 3.43. The van der Waals surface area contributed by atoms with Gasteiger partial charge in [0.2, 0.25) is 0 Å². The lowest BCUT2D eigenvalue weighted by molar-refractivity contribution is 1.34. The largest absolute Gasteiger partial charge is 0.313 e. The van der Waals surface area contributed by atoms with Gasteiger partial charge in [-0.25, -0.2) is 0 Å². The predicted molar refractivity (Wildman–Crippen MR) is 57.5 cm³/mol. The lowest BCUT2D eigenvalue weighted by Gasteiger charge is -2.00. The summed E-state index contributed by atoms with van der Waals surface area (Å²) in [5, 5.41) is 6.84. The second-order valence-electron chi connectivity index (χ2n) is 3.04. The third-order valence-corrected chi connectivity index (χ3v) is 1.81. The SMILES string of the molecule is Cc1ccc(N=CCC=N)c(C)c1. The molecule has 0 spiro atoms. The number of aliphatic imine (C=N–C) groups is 1. The molecule has 0 atom stereocenters. The zero-order valence-corrected chi connectivity index (χ0v) is 8.04.